The quantitative estimate of drug-likeness (QED) is 0.481. The van der Waals surface area contributed by atoms with Gasteiger partial charge in [0.15, 0.2) is 25.9 Å². The maximum Gasteiger partial charge on any atom is 0.250 e. The standard InChI is InChI=1S/C22H40N2O3Si2/c1-21(2,3)28(9,10)26-19(15-23)16-13-17(24-7)20(18(14-16)25-8)27-29(11,12)22(4,5)6/h13-14,19,24H,1-12H3. The van der Waals surface area contributed by atoms with Crippen molar-refractivity contribution < 1.29 is 13.6 Å². The summed E-state index contributed by atoms with van der Waals surface area (Å²) in [7, 11) is -0.692. The van der Waals surface area contributed by atoms with Gasteiger partial charge in [-0.05, 0) is 48.4 Å². The van der Waals surface area contributed by atoms with Crippen molar-refractivity contribution >= 4 is 22.3 Å². The van der Waals surface area contributed by atoms with Crippen LogP contribution in [0.2, 0.25) is 36.3 Å². The average molecular weight is 437 g/mol. The van der Waals surface area contributed by atoms with Gasteiger partial charge in [0.2, 0.25) is 0 Å². The number of methoxy groups -OCH3 is 1. The average Bonchev–Trinajstić information content (AvgIpc) is 2.57. The van der Waals surface area contributed by atoms with Gasteiger partial charge in [-0.25, -0.2) is 0 Å². The fourth-order valence-corrected chi connectivity index (χ4v) is 4.42. The zero-order valence-electron chi connectivity index (χ0n) is 20.4. The van der Waals surface area contributed by atoms with E-state index in [1.54, 1.807) is 7.11 Å². The Balaban J connectivity index is 3.45. The number of anilines is 1. The lowest BCUT2D eigenvalue weighted by molar-refractivity contribution is 0.235. The molecule has 5 nitrogen and oxygen atoms in total. The van der Waals surface area contributed by atoms with Crippen molar-refractivity contribution in [3.05, 3.63) is 17.7 Å². The van der Waals surface area contributed by atoms with E-state index in [2.05, 4.69) is 79.1 Å². The van der Waals surface area contributed by atoms with Crippen LogP contribution in [0.15, 0.2) is 12.1 Å². The molecule has 1 atom stereocenters. The van der Waals surface area contributed by atoms with Gasteiger partial charge >= 0.3 is 0 Å². The highest BCUT2D eigenvalue weighted by molar-refractivity contribution is 6.75. The van der Waals surface area contributed by atoms with Crippen molar-refractivity contribution in [1.82, 2.24) is 0 Å². The van der Waals surface area contributed by atoms with Crippen molar-refractivity contribution in [2.24, 2.45) is 0 Å². The summed E-state index contributed by atoms with van der Waals surface area (Å²) >= 11 is 0. The molecule has 1 aromatic carbocycles. The summed E-state index contributed by atoms with van der Waals surface area (Å²) in [5, 5.41) is 13.2. The monoisotopic (exact) mass is 436 g/mol. The minimum Gasteiger partial charge on any atom is -0.540 e. The number of nitrogens with zero attached hydrogens (tertiary/aromatic N) is 1. The van der Waals surface area contributed by atoms with Gasteiger partial charge in [0.25, 0.3) is 8.32 Å². The smallest absolute Gasteiger partial charge is 0.250 e. The Morgan fingerprint density at radius 2 is 1.48 bits per heavy atom. The third kappa shape index (κ3) is 5.77. The van der Waals surface area contributed by atoms with Gasteiger partial charge in [0, 0.05) is 12.6 Å². The summed E-state index contributed by atoms with van der Waals surface area (Å²) in [5.41, 5.74) is 1.59. The van der Waals surface area contributed by atoms with E-state index in [1.807, 2.05) is 19.2 Å². The minimum absolute atomic E-state index is 0.0173. The first-order chi connectivity index (χ1) is 13.0. The molecule has 0 bridgehead atoms. The molecule has 0 aliphatic heterocycles. The molecule has 0 aliphatic carbocycles. The van der Waals surface area contributed by atoms with E-state index in [4.69, 9.17) is 13.6 Å². The van der Waals surface area contributed by atoms with Crippen LogP contribution in [-0.4, -0.2) is 30.8 Å². The summed E-state index contributed by atoms with van der Waals surface area (Å²) in [6.07, 6.45) is -0.654. The first-order valence-electron chi connectivity index (χ1n) is 10.2. The number of ether oxygens (including phenoxy) is 1. The van der Waals surface area contributed by atoms with Crippen molar-refractivity contribution in [1.29, 1.82) is 5.26 Å². The molecule has 1 rings (SSSR count). The van der Waals surface area contributed by atoms with Crippen molar-refractivity contribution in [3.8, 4) is 17.6 Å². The van der Waals surface area contributed by atoms with Crippen LogP contribution >= 0.6 is 0 Å². The van der Waals surface area contributed by atoms with Gasteiger partial charge in [-0.1, -0.05) is 41.5 Å². The number of nitrogens with one attached hydrogen (secondary N) is 1. The molecule has 1 aromatic rings. The molecule has 29 heavy (non-hydrogen) atoms. The van der Waals surface area contributed by atoms with Crippen LogP contribution in [0.4, 0.5) is 5.69 Å². The molecule has 0 amide bonds. The van der Waals surface area contributed by atoms with Crippen LogP contribution < -0.4 is 14.5 Å². The van der Waals surface area contributed by atoms with E-state index in [0.717, 1.165) is 11.3 Å². The minimum atomic E-state index is -2.11. The van der Waals surface area contributed by atoms with Crippen LogP contribution in [0.1, 0.15) is 53.2 Å². The van der Waals surface area contributed by atoms with Gasteiger partial charge < -0.3 is 18.9 Å². The number of hydrogen-bond donors (Lipinski definition) is 1. The first-order valence-corrected chi connectivity index (χ1v) is 16.0. The van der Waals surface area contributed by atoms with E-state index in [9.17, 15) is 5.26 Å². The van der Waals surface area contributed by atoms with Crippen LogP contribution in [-0.2, 0) is 4.43 Å². The van der Waals surface area contributed by atoms with Gasteiger partial charge in [-0.3, -0.25) is 0 Å². The molecule has 0 saturated carbocycles. The SMILES string of the molecule is CNc1cc(C(C#N)O[Si](C)(C)C(C)(C)C)cc(OC)c1O[Si](C)(C)C(C)(C)C. The fourth-order valence-electron chi connectivity index (χ4n) is 2.27. The zero-order chi connectivity index (χ0) is 22.8. The molecular weight excluding hydrogens is 396 g/mol. The summed E-state index contributed by atoms with van der Waals surface area (Å²) in [6, 6.07) is 6.17. The number of rotatable bonds is 7. The Morgan fingerprint density at radius 3 is 1.86 bits per heavy atom. The van der Waals surface area contributed by atoms with Crippen molar-refractivity contribution in [2.45, 2.75) is 83.9 Å². The normalized spacial score (nSPS) is 14.2. The van der Waals surface area contributed by atoms with E-state index >= 15 is 0 Å². The number of nitriles is 1. The maximum absolute atomic E-state index is 9.86. The molecule has 164 valence electrons. The number of benzene rings is 1. The van der Waals surface area contributed by atoms with E-state index in [1.165, 1.54) is 0 Å². The Morgan fingerprint density at radius 1 is 0.966 bits per heavy atom. The largest absolute Gasteiger partial charge is 0.540 e. The van der Waals surface area contributed by atoms with Crippen molar-refractivity contribution in [2.75, 3.05) is 19.5 Å². The lowest BCUT2D eigenvalue weighted by Crippen LogP contribution is -2.44. The summed E-state index contributed by atoms with van der Waals surface area (Å²) in [4.78, 5) is 0. The number of hydrogen-bond acceptors (Lipinski definition) is 5. The second-order valence-corrected chi connectivity index (χ2v) is 20.1. The molecule has 0 fully saturated rings. The summed E-state index contributed by atoms with van der Waals surface area (Å²) in [5.74, 6) is 1.32. The molecule has 0 heterocycles. The van der Waals surface area contributed by atoms with Crippen molar-refractivity contribution in [3.63, 3.8) is 0 Å². The van der Waals surface area contributed by atoms with Gasteiger partial charge in [-0.2, -0.15) is 5.26 Å². The van der Waals surface area contributed by atoms with Crippen LogP contribution in [0, 0.1) is 11.3 Å². The van der Waals surface area contributed by atoms with Crippen LogP contribution in [0.3, 0.4) is 0 Å². The third-order valence-electron chi connectivity index (χ3n) is 6.37. The Bertz CT molecular complexity index is 732. The van der Waals surface area contributed by atoms with Gasteiger partial charge in [-0.15, -0.1) is 0 Å². The molecule has 0 radical (unpaired) electrons. The van der Waals surface area contributed by atoms with Crippen LogP contribution in [0.25, 0.3) is 0 Å². The van der Waals surface area contributed by atoms with Gasteiger partial charge in [0.1, 0.15) is 0 Å². The highest BCUT2D eigenvalue weighted by Gasteiger charge is 2.41. The third-order valence-corrected chi connectivity index (χ3v) is 15.1. The Hall–Kier alpha value is -1.50. The van der Waals surface area contributed by atoms with E-state index in [-0.39, 0.29) is 10.1 Å². The van der Waals surface area contributed by atoms with Crippen LogP contribution in [0.5, 0.6) is 11.5 Å². The van der Waals surface area contributed by atoms with E-state index in [0.29, 0.717) is 11.5 Å². The molecule has 7 heteroatoms. The maximum atomic E-state index is 9.86. The molecule has 0 saturated heterocycles. The molecule has 1 unspecified atom stereocenters. The molecular formula is C22H40N2O3Si2. The molecule has 0 spiro atoms. The van der Waals surface area contributed by atoms with Gasteiger partial charge in [0.05, 0.1) is 18.9 Å². The first kappa shape index (κ1) is 25.5. The molecule has 0 aromatic heterocycles. The lowest BCUT2D eigenvalue weighted by atomic mass is 10.1. The summed E-state index contributed by atoms with van der Waals surface area (Å²) in [6.45, 7) is 21.9. The second-order valence-electron chi connectivity index (χ2n) is 10.6. The Kier molecular flexibility index (Phi) is 7.67. The molecule has 1 N–H and O–H groups in total. The predicted molar refractivity (Wildman–Crippen MR) is 127 cm³/mol. The summed E-state index contributed by atoms with van der Waals surface area (Å²) < 4.78 is 18.6. The fraction of sp³-hybridized carbons (Fsp3) is 0.682. The lowest BCUT2D eigenvalue weighted by Gasteiger charge is -2.38. The second kappa shape index (κ2) is 8.70. The predicted octanol–water partition coefficient (Wildman–Crippen LogP) is 6.71. The zero-order valence-corrected chi connectivity index (χ0v) is 22.4. The highest BCUT2D eigenvalue weighted by Crippen LogP contribution is 2.46. The Labute approximate surface area is 180 Å². The molecule has 0 aliphatic rings. The highest BCUT2D eigenvalue weighted by atomic mass is 28.4. The van der Waals surface area contributed by atoms with E-state index < -0.39 is 22.7 Å². The topological polar surface area (TPSA) is 63.5 Å².